The van der Waals surface area contributed by atoms with Crippen LogP contribution in [0.15, 0.2) is 54.6 Å². The van der Waals surface area contributed by atoms with Gasteiger partial charge in [-0.2, -0.15) is 0 Å². The van der Waals surface area contributed by atoms with Gasteiger partial charge in [0.05, 0.1) is 0 Å². The topological polar surface area (TPSA) is 79.9 Å². The summed E-state index contributed by atoms with van der Waals surface area (Å²) in [5.74, 6) is 0.359. The molecular weight excluding hydrogens is 442 g/mol. The SMILES string of the molecule is CCC(C)C(NC(=O)c1ccccc1)C(=O)NCc1cccc(OCCN(C)C2CCOCC2)c1. The summed E-state index contributed by atoms with van der Waals surface area (Å²) in [4.78, 5) is 28.0. The molecule has 2 unspecified atom stereocenters. The van der Waals surface area contributed by atoms with E-state index in [0.717, 1.165) is 50.3 Å². The van der Waals surface area contributed by atoms with Crippen molar-refractivity contribution >= 4 is 11.8 Å². The Morgan fingerprint density at radius 2 is 1.86 bits per heavy atom. The lowest BCUT2D eigenvalue weighted by Gasteiger charge is -2.31. The predicted molar refractivity (Wildman–Crippen MR) is 137 cm³/mol. The van der Waals surface area contributed by atoms with E-state index < -0.39 is 6.04 Å². The molecule has 2 aromatic rings. The normalized spacial score (nSPS) is 15.9. The molecular formula is C28H39N3O4. The van der Waals surface area contributed by atoms with Gasteiger partial charge in [-0.25, -0.2) is 0 Å². The highest BCUT2D eigenvalue weighted by molar-refractivity contribution is 5.97. The number of carbonyl (C=O) groups is 2. The minimum absolute atomic E-state index is 0.00467. The van der Waals surface area contributed by atoms with Crippen LogP contribution >= 0.6 is 0 Å². The van der Waals surface area contributed by atoms with E-state index >= 15 is 0 Å². The van der Waals surface area contributed by atoms with Crippen LogP contribution in [0.1, 0.15) is 49.0 Å². The highest BCUT2D eigenvalue weighted by atomic mass is 16.5. The number of amides is 2. The van der Waals surface area contributed by atoms with E-state index in [1.807, 2.05) is 56.3 Å². The molecule has 1 aliphatic rings. The third-order valence-corrected chi connectivity index (χ3v) is 6.71. The molecule has 0 aromatic heterocycles. The number of nitrogens with one attached hydrogen (secondary N) is 2. The van der Waals surface area contributed by atoms with Gasteiger partial charge in [0.2, 0.25) is 5.91 Å². The fourth-order valence-corrected chi connectivity index (χ4v) is 4.18. The first-order valence-corrected chi connectivity index (χ1v) is 12.6. The average Bonchev–Trinajstić information content (AvgIpc) is 2.91. The van der Waals surface area contributed by atoms with Crippen molar-refractivity contribution in [2.75, 3.05) is 33.4 Å². The fourth-order valence-electron chi connectivity index (χ4n) is 4.18. The van der Waals surface area contributed by atoms with E-state index in [9.17, 15) is 9.59 Å². The first-order valence-electron chi connectivity index (χ1n) is 12.6. The molecule has 2 aromatic carbocycles. The van der Waals surface area contributed by atoms with Crippen LogP contribution in [-0.2, 0) is 16.1 Å². The lowest BCUT2D eigenvalue weighted by atomic mass is 9.97. The maximum Gasteiger partial charge on any atom is 0.251 e. The van der Waals surface area contributed by atoms with Gasteiger partial charge in [-0.15, -0.1) is 0 Å². The smallest absolute Gasteiger partial charge is 0.251 e. The molecule has 190 valence electrons. The largest absolute Gasteiger partial charge is 0.492 e. The van der Waals surface area contributed by atoms with Crippen molar-refractivity contribution in [1.82, 2.24) is 15.5 Å². The number of rotatable bonds is 12. The number of hydrogen-bond donors (Lipinski definition) is 2. The van der Waals surface area contributed by atoms with Crippen molar-refractivity contribution in [2.45, 2.75) is 51.7 Å². The lowest BCUT2D eigenvalue weighted by molar-refractivity contribution is -0.124. The number of benzene rings is 2. The van der Waals surface area contributed by atoms with Crippen LogP contribution in [0.3, 0.4) is 0 Å². The summed E-state index contributed by atoms with van der Waals surface area (Å²) in [5, 5.41) is 5.90. The Balaban J connectivity index is 1.50. The molecule has 0 bridgehead atoms. The molecule has 0 radical (unpaired) electrons. The molecule has 3 rings (SSSR count). The van der Waals surface area contributed by atoms with Crippen LogP contribution in [0.25, 0.3) is 0 Å². The molecule has 7 nitrogen and oxygen atoms in total. The first kappa shape index (κ1) is 26.7. The van der Waals surface area contributed by atoms with Gasteiger partial charge in [0.25, 0.3) is 5.91 Å². The molecule has 0 aliphatic carbocycles. The Kier molecular flexibility index (Phi) is 10.6. The summed E-state index contributed by atoms with van der Waals surface area (Å²) >= 11 is 0. The Morgan fingerprint density at radius 3 is 2.57 bits per heavy atom. The fraction of sp³-hybridized carbons (Fsp3) is 0.500. The Labute approximate surface area is 209 Å². The Hall–Kier alpha value is -2.90. The third-order valence-electron chi connectivity index (χ3n) is 6.71. The molecule has 7 heteroatoms. The van der Waals surface area contributed by atoms with E-state index in [-0.39, 0.29) is 17.7 Å². The minimum Gasteiger partial charge on any atom is -0.492 e. The Morgan fingerprint density at radius 1 is 1.11 bits per heavy atom. The molecule has 2 atom stereocenters. The molecule has 1 aliphatic heterocycles. The lowest BCUT2D eigenvalue weighted by Crippen LogP contribution is -2.50. The second kappa shape index (κ2) is 13.9. The molecule has 1 saturated heterocycles. The van der Waals surface area contributed by atoms with Crippen molar-refractivity contribution < 1.29 is 19.1 Å². The van der Waals surface area contributed by atoms with Crippen LogP contribution < -0.4 is 15.4 Å². The van der Waals surface area contributed by atoms with Gasteiger partial charge in [-0.1, -0.05) is 50.6 Å². The van der Waals surface area contributed by atoms with Crippen molar-refractivity contribution in [3.05, 3.63) is 65.7 Å². The van der Waals surface area contributed by atoms with Gasteiger partial charge in [0.15, 0.2) is 0 Å². The van der Waals surface area contributed by atoms with Crippen molar-refractivity contribution in [3.63, 3.8) is 0 Å². The summed E-state index contributed by atoms with van der Waals surface area (Å²) in [5.41, 5.74) is 1.49. The van der Waals surface area contributed by atoms with Gasteiger partial charge in [-0.3, -0.25) is 14.5 Å². The average molecular weight is 482 g/mol. The Bertz CT molecular complexity index is 931. The molecule has 0 spiro atoms. The zero-order valence-corrected chi connectivity index (χ0v) is 21.2. The van der Waals surface area contributed by atoms with Crippen LogP contribution in [-0.4, -0.2) is 62.2 Å². The number of likely N-dealkylation sites (N-methyl/N-ethyl adjacent to an activating group) is 1. The van der Waals surface area contributed by atoms with E-state index in [1.165, 1.54) is 0 Å². The first-order chi connectivity index (χ1) is 17.0. The van der Waals surface area contributed by atoms with E-state index in [1.54, 1.807) is 12.1 Å². The highest BCUT2D eigenvalue weighted by Gasteiger charge is 2.26. The zero-order chi connectivity index (χ0) is 25.0. The van der Waals surface area contributed by atoms with Crippen LogP contribution in [0, 0.1) is 5.92 Å². The van der Waals surface area contributed by atoms with Crippen molar-refractivity contribution in [1.29, 1.82) is 0 Å². The van der Waals surface area contributed by atoms with Crippen LogP contribution in [0.4, 0.5) is 0 Å². The van der Waals surface area contributed by atoms with Gasteiger partial charge >= 0.3 is 0 Å². The van der Waals surface area contributed by atoms with Gasteiger partial charge in [0.1, 0.15) is 18.4 Å². The zero-order valence-electron chi connectivity index (χ0n) is 21.2. The van der Waals surface area contributed by atoms with E-state index in [0.29, 0.717) is 24.8 Å². The number of ether oxygens (including phenoxy) is 2. The molecule has 1 fully saturated rings. The molecule has 2 amide bonds. The molecule has 1 heterocycles. The number of carbonyl (C=O) groups excluding carboxylic acids is 2. The van der Waals surface area contributed by atoms with Crippen LogP contribution in [0.2, 0.25) is 0 Å². The molecule has 2 N–H and O–H groups in total. The summed E-state index contributed by atoms with van der Waals surface area (Å²) in [6.45, 7) is 7.47. The third kappa shape index (κ3) is 8.37. The summed E-state index contributed by atoms with van der Waals surface area (Å²) in [6, 6.07) is 16.7. The number of nitrogens with zero attached hydrogens (tertiary/aromatic N) is 1. The van der Waals surface area contributed by atoms with E-state index in [4.69, 9.17) is 9.47 Å². The standard InChI is InChI=1S/C28H39N3O4/c1-4-21(2)26(30-27(32)23-10-6-5-7-11-23)28(33)29-20-22-9-8-12-25(19-22)35-18-15-31(3)24-13-16-34-17-14-24/h5-12,19,21,24,26H,4,13-18,20H2,1-3H3,(H,29,33)(H,30,32). The molecule has 0 saturated carbocycles. The quantitative estimate of drug-likeness (QED) is 0.484. The van der Waals surface area contributed by atoms with Crippen molar-refractivity contribution in [3.8, 4) is 5.75 Å². The van der Waals surface area contributed by atoms with Crippen LogP contribution in [0.5, 0.6) is 5.75 Å². The van der Waals surface area contributed by atoms with E-state index in [2.05, 4.69) is 22.6 Å². The van der Waals surface area contributed by atoms with Gasteiger partial charge in [0, 0.05) is 37.9 Å². The summed E-state index contributed by atoms with van der Waals surface area (Å²) in [6.07, 6.45) is 2.91. The maximum atomic E-state index is 13.0. The second-order valence-electron chi connectivity index (χ2n) is 9.24. The second-order valence-corrected chi connectivity index (χ2v) is 9.24. The molecule has 35 heavy (non-hydrogen) atoms. The van der Waals surface area contributed by atoms with Crippen molar-refractivity contribution in [2.24, 2.45) is 5.92 Å². The summed E-state index contributed by atoms with van der Waals surface area (Å²) in [7, 11) is 2.13. The highest BCUT2D eigenvalue weighted by Crippen LogP contribution is 2.16. The number of hydrogen-bond acceptors (Lipinski definition) is 5. The maximum absolute atomic E-state index is 13.0. The predicted octanol–water partition coefficient (Wildman–Crippen LogP) is 3.64. The van der Waals surface area contributed by atoms with Gasteiger partial charge < -0.3 is 20.1 Å². The monoisotopic (exact) mass is 481 g/mol. The van der Waals surface area contributed by atoms with Gasteiger partial charge in [-0.05, 0) is 55.6 Å². The minimum atomic E-state index is -0.604. The summed E-state index contributed by atoms with van der Waals surface area (Å²) < 4.78 is 11.4.